The van der Waals surface area contributed by atoms with Crippen LogP contribution < -0.4 is 10.1 Å². The summed E-state index contributed by atoms with van der Waals surface area (Å²) in [6.45, 7) is 2.46. The van der Waals surface area contributed by atoms with Gasteiger partial charge in [-0.15, -0.1) is 0 Å². The third-order valence-electron chi connectivity index (χ3n) is 2.25. The molecule has 1 N–H and O–H groups in total. The number of thioether (sulfide) groups is 1. The van der Waals surface area contributed by atoms with E-state index in [9.17, 15) is 4.79 Å². The number of carbonyl (C=O) groups is 1. The molecule has 0 spiro atoms. The van der Waals surface area contributed by atoms with Crippen LogP contribution in [-0.2, 0) is 4.79 Å². The number of nitrogens with one attached hydrogen (secondary N) is 1. The summed E-state index contributed by atoms with van der Waals surface area (Å²) in [6.07, 6.45) is 1.78. The Kier molecular flexibility index (Phi) is 5.05. The lowest BCUT2D eigenvalue weighted by Crippen LogP contribution is -2.17. The average molecular weight is 423 g/mol. The van der Waals surface area contributed by atoms with Gasteiger partial charge in [-0.25, -0.2) is 0 Å². The van der Waals surface area contributed by atoms with Crippen LogP contribution in [0.4, 0.5) is 0 Å². The van der Waals surface area contributed by atoms with Crippen LogP contribution >= 0.6 is 55.8 Å². The molecular weight excluding hydrogens is 414 g/mol. The maximum atomic E-state index is 11.7. The van der Waals surface area contributed by atoms with Crippen LogP contribution in [0.25, 0.3) is 6.08 Å². The fourth-order valence-electron chi connectivity index (χ4n) is 1.55. The van der Waals surface area contributed by atoms with E-state index in [4.69, 9.17) is 17.0 Å². The second-order valence-electron chi connectivity index (χ2n) is 3.59. The van der Waals surface area contributed by atoms with Crippen LogP contribution in [0.1, 0.15) is 12.5 Å². The molecule has 1 aliphatic rings. The highest BCUT2D eigenvalue weighted by atomic mass is 79.9. The Labute approximate surface area is 137 Å². The van der Waals surface area contributed by atoms with Gasteiger partial charge >= 0.3 is 0 Å². The highest BCUT2D eigenvalue weighted by molar-refractivity contribution is 9.11. The largest absolute Gasteiger partial charge is 0.492 e. The molecule has 0 atom stereocenters. The predicted octanol–water partition coefficient (Wildman–Crippen LogP) is 4.10. The Morgan fingerprint density at radius 1 is 1.47 bits per heavy atom. The van der Waals surface area contributed by atoms with Crippen LogP contribution in [-0.4, -0.2) is 16.8 Å². The third-order valence-corrected chi connectivity index (χ3v) is 4.46. The average Bonchev–Trinajstić information content (AvgIpc) is 2.62. The number of benzene rings is 1. The topological polar surface area (TPSA) is 38.3 Å². The summed E-state index contributed by atoms with van der Waals surface area (Å²) in [5, 5.41) is 2.59. The Morgan fingerprint density at radius 2 is 2.21 bits per heavy atom. The van der Waals surface area contributed by atoms with E-state index in [-0.39, 0.29) is 5.91 Å². The quantitative estimate of drug-likeness (QED) is 0.587. The molecule has 0 radical (unpaired) electrons. The lowest BCUT2D eigenvalue weighted by Gasteiger charge is -2.10. The smallest absolute Gasteiger partial charge is 0.263 e. The number of hydrogen-bond acceptors (Lipinski definition) is 4. The predicted molar refractivity (Wildman–Crippen MR) is 89.3 cm³/mol. The maximum Gasteiger partial charge on any atom is 0.263 e. The second-order valence-corrected chi connectivity index (χ2v) is 7.08. The molecule has 1 aromatic rings. The van der Waals surface area contributed by atoms with Crippen LogP contribution in [0.2, 0.25) is 0 Å². The molecule has 19 heavy (non-hydrogen) atoms. The third kappa shape index (κ3) is 3.59. The van der Waals surface area contributed by atoms with E-state index in [1.807, 2.05) is 19.1 Å². The van der Waals surface area contributed by atoms with Gasteiger partial charge in [0.25, 0.3) is 5.91 Å². The minimum Gasteiger partial charge on any atom is -0.492 e. The first kappa shape index (κ1) is 15.0. The van der Waals surface area contributed by atoms with Crippen LogP contribution in [0.3, 0.4) is 0 Å². The first-order valence-corrected chi connectivity index (χ1v) is 8.19. The standard InChI is InChI=1S/C12H9Br2NO2S2/c1-2-17-10-6(3-7(13)5-8(10)14)4-9-11(16)15-12(18)19-9/h3-5H,2H2,1H3,(H,15,16,18). The van der Waals surface area contributed by atoms with Gasteiger partial charge in [0.15, 0.2) is 0 Å². The minimum absolute atomic E-state index is 0.173. The molecule has 100 valence electrons. The Hall–Kier alpha value is -0.370. The maximum absolute atomic E-state index is 11.7. The Balaban J connectivity index is 2.46. The van der Waals surface area contributed by atoms with Crippen molar-refractivity contribution in [2.75, 3.05) is 6.61 Å². The summed E-state index contributed by atoms with van der Waals surface area (Å²) in [5.74, 6) is 0.540. The van der Waals surface area contributed by atoms with E-state index < -0.39 is 0 Å². The van der Waals surface area contributed by atoms with Crippen LogP contribution in [0.5, 0.6) is 5.75 Å². The minimum atomic E-state index is -0.173. The van der Waals surface area contributed by atoms with Gasteiger partial charge in [-0.05, 0) is 41.1 Å². The van der Waals surface area contributed by atoms with E-state index in [1.165, 1.54) is 11.8 Å². The zero-order chi connectivity index (χ0) is 14.0. The molecule has 0 aromatic heterocycles. The van der Waals surface area contributed by atoms with Gasteiger partial charge in [0.05, 0.1) is 16.0 Å². The van der Waals surface area contributed by atoms with Crippen molar-refractivity contribution in [2.24, 2.45) is 0 Å². The lowest BCUT2D eigenvalue weighted by molar-refractivity contribution is -0.115. The number of ether oxygens (including phenoxy) is 1. The highest BCUT2D eigenvalue weighted by Gasteiger charge is 2.23. The van der Waals surface area contributed by atoms with E-state index in [2.05, 4.69) is 37.2 Å². The van der Waals surface area contributed by atoms with Gasteiger partial charge in [-0.1, -0.05) is 39.9 Å². The molecular formula is C12H9Br2NO2S2. The zero-order valence-electron chi connectivity index (χ0n) is 9.83. The van der Waals surface area contributed by atoms with E-state index in [0.29, 0.717) is 21.6 Å². The van der Waals surface area contributed by atoms with Gasteiger partial charge in [-0.2, -0.15) is 0 Å². The van der Waals surface area contributed by atoms with Crippen molar-refractivity contribution >= 4 is 72.1 Å². The summed E-state index contributed by atoms with van der Waals surface area (Å²) in [7, 11) is 0. The Morgan fingerprint density at radius 3 is 2.79 bits per heavy atom. The molecule has 3 nitrogen and oxygen atoms in total. The molecule has 1 fully saturated rings. The molecule has 1 heterocycles. The zero-order valence-corrected chi connectivity index (χ0v) is 14.6. The molecule has 1 aliphatic heterocycles. The van der Waals surface area contributed by atoms with Gasteiger partial charge in [0.2, 0.25) is 0 Å². The molecule has 0 bridgehead atoms. The SMILES string of the molecule is CCOc1c(Br)cc(Br)cc1C=C1SC(=S)NC1=O. The molecule has 0 unspecified atom stereocenters. The summed E-state index contributed by atoms with van der Waals surface area (Å²) in [5.41, 5.74) is 0.824. The van der Waals surface area contributed by atoms with Crippen molar-refractivity contribution in [3.05, 3.63) is 31.5 Å². The van der Waals surface area contributed by atoms with Crippen molar-refractivity contribution in [3.63, 3.8) is 0 Å². The summed E-state index contributed by atoms with van der Waals surface area (Å²) < 4.78 is 7.82. The first-order chi connectivity index (χ1) is 9.01. The van der Waals surface area contributed by atoms with Gasteiger partial charge in [0, 0.05) is 10.0 Å². The molecule has 0 aliphatic carbocycles. The Bertz CT molecular complexity index is 587. The van der Waals surface area contributed by atoms with E-state index in [0.717, 1.165) is 14.5 Å². The number of carbonyl (C=O) groups excluding carboxylic acids is 1. The van der Waals surface area contributed by atoms with Crippen molar-refractivity contribution < 1.29 is 9.53 Å². The second kappa shape index (κ2) is 6.39. The molecule has 2 rings (SSSR count). The number of amides is 1. The van der Waals surface area contributed by atoms with Gasteiger partial charge in [0.1, 0.15) is 10.1 Å². The van der Waals surface area contributed by atoms with Crippen molar-refractivity contribution in [3.8, 4) is 5.75 Å². The molecule has 7 heteroatoms. The van der Waals surface area contributed by atoms with Crippen molar-refractivity contribution in [2.45, 2.75) is 6.92 Å². The number of hydrogen-bond donors (Lipinski definition) is 1. The fourth-order valence-corrected chi connectivity index (χ4v) is 3.95. The summed E-state index contributed by atoms with van der Waals surface area (Å²) in [6, 6.07) is 3.80. The molecule has 1 amide bonds. The summed E-state index contributed by atoms with van der Waals surface area (Å²) in [4.78, 5) is 12.2. The van der Waals surface area contributed by atoms with E-state index in [1.54, 1.807) is 6.08 Å². The molecule has 1 aromatic carbocycles. The van der Waals surface area contributed by atoms with E-state index >= 15 is 0 Å². The summed E-state index contributed by atoms with van der Waals surface area (Å²) >= 11 is 13.1. The van der Waals surface area contributed by atoms with Crippen LogP contribution in [0, 0.1) is 0 Å². The highest BCUT2D eigenvalue weighted by Crippen LogP contribution is 2.36. The monoisotopic (exact) mass is 421 g/mol. The number of rotatable bonds is 3. The van der Waals surface area contributed by atoms with Crippen LogP contribution in [0.15, 0.2) is 26.0 Å². The van der Waals surface area contributed by atoms with Crippen molar-refractivity contribution in [1.82, 2.24) is 5.32 Å². The van der Waals surface area contributed by atoms with Gasteiger partial charge in [-0.3, -0.25) is 4.79 Å². The first-order valence-electron chi connectivity index (χ1n) is 5.38. The fraction of sp³-hybridized carbons (Fsp3) is 0.167. The van der Waals surface area contributed by atoms with Gasteiger partial charge < -0.3 is 10.1 Å². The molecule has 1 saturated heterocycles. The molecule has 0 saturated carbocycles. The van der Waals surface area contributed by atoms with Crippen molar-refractivity contribution in [1.29, 1.82) is 0 Å². The normalized spacial score (nSPS) is 16.9. The number of halogens is 2. The number of thiocarbonyl (C=S) groups is 1. The lowest BCUT2D eigenvalue weighted by atomic mass is 10.2.